The molecule has 0 aliphatic rings. The molecule has 1 N–H and O–H groups in total. The Labute approximate surface area is 102 Å². The van der Waals surface area contributed by atoms with Gasteiger partial charge in [0.05, 0.1) is 4.90 Å². The predicted octanol–water partition coefficient (Wildman–Crippen LogP) is 2.02. The molecule has 1 aromatic carbocycles. The van der Waals surface area contributed by atoms with Crippen molar-refractivity contribution >= 4 is 15.9 Å². The Hall–Kier alpha value is -1.36. The third-order valence-electron chi connectivity index (χ3n) is 2.43. The van der Waals surface area contributed by atoms with Gasteiger partial charge in [-0.15, -0.1) is 0 Å². The van der Waals surface area contributed by atoms with Crippen molar-refractivity contribution in [2.45, 2.75) is 38.0 Å². The van der Waals surface area contributed by atoms with E-state index in [1.165, 1.54) is 12.1 Å². The van der Waals surface area contributed by atoms with E-state index >= 15 is 0 Å². The molecule has 17 heavy (non-hydrogen) atoms. The Kier molecular flexibility index (Phi) is 4.28. The van der Waals surface area contributed by atoms with E-state index in [4.69, 9.17) is 0 Å². The molecule has 0 bridgehead atoms. The first-order valence-corrected chi connectivity index (χ1v) is 7.00. The van der Waals surface area contributed by atoms with Crippen LogP contribution in [0.25, 0.3) is 0 Å². The van der Waals surface area contributed by atoms with E-state index in [0.717, 1.165) is 5.56 Å². The number of amides is 1. The van der Waals surface area contributed by atoms with E-state index in [2.05, 4.69) is 0 Å². The van der Waals surface area contributed by atoms with Gasteiger partial charge in [-0.25, -0.2) is 13.1 Å². The van der Waals surface area contributed by atoms with Crippen LogP contribution in [0.5, 0.6) is 0 Å². The van der Waals surface area contributed by atoms with Gasteiger partial charge >= 0.3 is 0 Å². The van der Waals surface area contributed by atoms with Crippen LogP contribution in [-0.2, 0) is 14.8 Å². The molecule has 0 aliphatic heterocycles. The van der Waals surface area contributed by atoms with Crippen molar-refractivity contribution in [3.8, 4) is 0 Å². The molecular weight excluding hydrogens is 238 g/mol. The summed E-state index contributed by atoms with van der Waals surface area (Å²) in [7, 11) is -3.71. The van der Waals surface area contributed by atoms with Crippen LogP contribution in [0, 0.1) is 0 Å². The Morgan fingerprint density at radius 2 is 1.76 bits per heavy atom. The molecule has 0 aliphatic carbocycles. The van der Waals surface area contributed by atoms with E-state index < -0.39 is 15.9 Å². The molecule has 0 unspecified atom stereocenters. The first-order valence-electron chi connectivity index (χ1n) is 5.52. The minimum Gasteiger partial charge on any atom is -0.274 e. The lowest BCUT2D eigenvalue weighted by Crippen LogP contribution is -2.29. The van der Waals surface area contributed by atoms with E-state index in [1.807, 2.05) is 18.6 Å². The quantitative estimate of drug-likeness (QED) is 0.895. The summed E-state index contributed by atoms with van der Waals surface area (Å²) in [5, 5.41) is 0. The van der Waals surface area contributed by atoms with E-state index in [-0.39, 0.29) is 11.3 Å². The van der Waals surface area contributed by atoms with Crippen molar-refractivity contribution in [3.05, 3.63) is 29.8 Å². The fourth-order valence-electron chi connectivity index (χ4n) is 1.31. The monoisotopic (exact) mass is 255 g/mol. The second kappa shape index (κ2) is 5.31. The lowest BCUT2D eigenvalue weighted by Gasteiger charge is -2.08. The summed E-state index contributed by atoms with van der Waals surface area (Å²) in [6.07, 6.45) is 0.142. The molecule has 4 nitrogen and oxygen atoms in total. The molecule has 0 fully saturated rings. The van der Waals surface area contributed by atoms with Crippen LogP contribution in [-0.4, -0.2) is 14.3 Å². The van der Waals surface area contributed by atoms with Gasteiger partial charge in [-0.1, -0.05) is 32.9 Å². The Morgan fingerprint density at radius 3 is 2.18 bits per heavy atom. The van der Waals surface area contributed by atoms with Crippen LogP contribution in [0.4, 0.5) is 0 Å². The highest BCUT2D eigenvalue weighted by Gasteiger charge is 2.16. The highest BCUT2D eigenvalue weighted by Crippen LogP contribution is 2.17. The summed E-state index contributed by atoms with van der Waals surface area (Å²) < 4.78 is 25.5. The largest absolute Gasteiger partial charge is 0.274 e. The van der Waals surface area contributed by atoms with Gasteiger partial charge < -0.3 is 0 Å². The lowest BCUT2D eigenvalue weighted by atomic mass is 10.0. The molecule has 0 saturated carbocycles. The summed E-state index contributed by atoms with van der Waals surface area (Å²) in [6, 6.07) is 6.55. The number of nitrogens with one attached hydrogen (secondary N) is 1. The number of sulfonamides is 1. The smallest absolute Gasteiger partial charge is 0.264 e. The molecule has 0 radical (unpaired) electrons. The molecule has 0 saturated heterocycles. The van der Waals surface area contributed by atoms with Crippen molar-refractivity contribution in [2.75, 3.05) is 0 Å². The maximum Gasteiger partial charge on any atom is 0.264 e. The highest BCUT2D eigenvalue weighted by atomic mass is 32.2. The fraction of sp³-hybridized carbons (Fsp3) is 0.417. The first-order chi connectivity index (χ1) is 7.86. The second-order valence-corrected chi connectivity index (χ2v) is 5.79. The van der Waals surface area contributed by atoms with Crippen molar-refractivity contribution in [2.24, 2.45) is 0 Å². The molecule has 1 amide bonds. The Morgan fingerprint density at radius 1 is 1.24 bits per heavy atom. The molecule has 1 rings (SSSR count). The summed E-state index contributed by atoms with van der Waals surface area (Å²) >= 11 is 0. The molecule has 5 heteroatoms. The van der Waals surface area contributed by atoms with Crippen LogP contribution >= 0.6 is 0 Å². The van der Waals surface area contributed by atoms with Crippen LogP contribution in [0.3, 0.4) is 0 Å². The van der Waals surface area contributed by atoms with E-state index in [0.29, 0.717) is 5.92 Å². The Balaban J connectivity index is 2.96. The van der Waals surface area contributed by atoms with Crippen LogP contribution < -0.4 is 4.72 Å². The molecule has 0 spiro atoms. The molecule has 94 valence electrons. The summed E-state index contributed by atoms with van der Waals surface area (Å²) in [5.41, 5.74) is 1.06. The summed E-state index contributed by atoms with van der Waals surface area (Å²) in [6.45, 7) is 5.66. The zero-order valence-electron chi connectivity index (χ0n) is 10.2. The molecule has 0 heterocycles. The maximum absolute atomic E-state index is 11.8. The third-order valence-corrected chi connectivity index (χ3v) is 3.82. The van der Waals surface area contributed by atoms with Crippen LogP contribution in [0.1, 0.15) is 38.7 Å². The summed E-state index contributed by atoms with van der Waals surface area (Å²) in [5.74, 6) is -0.157. The zero-order chi connectivity index (χ0) is 13.1. The standard InChI is InChI=1S/C12H17NO3S/c1-4-12(14)13-17(15,16)11-7-5-10(6-8-11)9(2)3/h5-9H,4H2,1-3H3,(H,13,14). The number of hydrogen-bond donors (Lipinski definition) is 1. The van der Waals surface area contributed by atoms with Gasteiger partial charge in [0, 0.05) is 6.42 Å². The number of carbonyl (C=O) groups is 1. The summed E-state index contributed by atoms with van der Waals surface area (Å²) in [4.78, 5) is 11.2. The first kappa shape index (κ1) is 13.7. The molecule has 0 aromatic heterocycles. The second-order valence-electron chi connectivity index (χ2n) is 4.11. The number of benzene rings is 1. The SMILES string of the molecule is CCC(=O)NS(=O)(=O)c1ccc(C(C)C)cc1. The molecule has 1 aromatic rings. The van der Waals surface area contributed by atoms with Crippen molar-refractivity contribution in [1.29, 1.82) is 0 Å². The van der Waals surface area contributed by atoms with Gasteiger partial charge in [-0.3, -0.25) is 4.79 Å². The van der Waals surface area contributed by atoms with Gasteiger partial charge in [-0.05, 0) is 23.6 Å². The van der Waals surface area contributed by atoms with Gasteiger partial charge in [0.15, 0.2) is 0 Å². The van der Waals surface area contributed by atoms with Crippen molar-refractivity contribution in [1.82, 2.24) is 4.72 Å². The number of rotatable bonds is 4. The van der Waals surface area contributed by atoms with Crippen molar-refractivity contribution in [3.63, 3.8) is 0 Å². The third kappa shape index (κ3) is 3.56. The minimum atomic E-state index is -3.71. The molecular formula is C12H17NO3S. The molecule has 0 atom stereocenters. The van der Waals surface area contributed by atoms with Gasteiger partial charge in [0.25, 0.3) is 10.0 Å². The van der Waals surface area contributed by atoms with Gasteiger partial charge in [0.1, 0.15) is 0 Å². The van der Waals surface area contributed by atoms with Crippen LogP contribution in [0.15, 0.2) is 29.2 Å². The average Bonchev–Trinajstić information content (AvgIpc) is 2.28. The van der Waals surface area contributed by atoms with Gasteiger partial charge in [-0.2, -0.15) is 0 Å². The fourth-order valence-corrected chi connectivity index (χ4v) is 2.37. The minimum absolute atomic E-state index is 0.115. The van der Waals surface area contributed by atoms with Gasteiger partial charge in [0.2, 0.25) is 5.91 Å². The normalized spacial score (nSPS) is 11.5. The lowest BCUT2D eigenvalue weighted by molar-refractivity contribution is -0.119. The Bertz CT molecular complexity index is 489. The average molecular weight is 255 g/mol. The van der Waals surface area contributed by atoms with Crippen molar-refractivity contribution < 1.29 is 13.2 Å². The predicted molar refractivity (Wildman–Crippen MR) is 66.2 cm³/mol. The number of hydrogen-bond acceptors (Lipinski definition) is 3. The topological polar surface area (TPSA) is 63.2 Å². The maximum atomic E-state index is 11.8. The highest BCUT2D eigenvalue weighted by molar-refractivity contribution is 7.90. The zero-order valence-corrected chi connectivity index (χ0v) is 11.0. The van der Waals surface area contributed by atoms with E-state index in [9.17, 15) is 13.2 Å². The number of carbonyl (C=O) groups excluding carboxylic acids is 1. The van der Waals surface area contributed by atoms with E-state index in [1.54, 1.807) is 19.1 Å². The van der Waals surface area contributed by atoms with Crippen LogP contribution in [0.2, 0.25) is 0 Å².